The van der Waals surface area contributed by atoms with Gasteiger partial charge in [-0.05, 0) is 49.2 Å². The minimum atomic E-state index is -0.747. The molecule has 1 heterocycles. The fourth-order valence-corrected chi connectivity index (χ4v) is 3.39. The first-order chi connectivity index (χ1) is 12.4. The first kappa shape index (κ1) is 18.1. The second-order valence-electron chi connectivity index (χ2n) is 6.95. The summed E-state index contributed by atoms with van der Waals surface area (Å²) in [5.74, 6) is -1.43. The highest BCUT2D eigenvalue weighted by Crippen LogP contribution is 2.31. The molecule has 1 atom stereocenters. The third kappa shape index (κ3) is 3.60. The Labute approximate surface area is 152 Å². The summed E-state index contributed by atoms with van der Waals surface area (Å²) < 4.78 is 14.6. The van der Waals surface area contributed by atoms with Crippen molar-refractivity contribution in [1.82, 2.24) is 5.32 Å². The predicted molar refractivity (Wildman–Crippen MR) is 102 cm³/mol. The van der Waals surface area contributed by atoms with Gasteiger partial charge < -0.3 is 16.4 Å². The molecule has 0 spiro atoms. The first-order valence-corrected chi connectivity index (χ1v) is 8.66. The van der Waals surface area contributed by atoms with E-state index < -0.39 is 11.9 Å². The highest BCUT2D eigenvalue weighted by atomic mass is 19.1. The van der Waals surface area contributed by atoms with Crippen LogP contribution in [-0.2, 0) is 10.2 Å². The third-order valence-electron chi connectivity index (χ3n) is 5.00. The largest absolute Gasteiger partial charge is 0.366 e. The van der Waals surface area contributed by atoms with Gasteiger partial charge in [0.25, 0.3) is 5.91 Å². The number of primary amides is 1. The molecular weight excluding hydrogens is 331 g/mol. The summed E-state index contributed by atoms with van der Waals surface area (Å²) in [5.41, 5.74) is 6.89. The Kier molecular flexibility index (Phi) is 5.04. The molecule has 0 saturated carbocycles. The normalized spacial score (nSPS) is 24.8. The molecule has 5 nitrogen and oxygen atoms in total. The number of nitrogens with two attached hydrogens (primary N) is 1. The van der Waals surface area contributed by atoms with Gasteiger partial charge in [0.2, 0.25) is 5.95 Å². The van der Waals surface area contributed by atoms with E-state index in [1.165, 1.54) is 23.8 Å². The molecule has 3 rings (SSSR count). The predicted octanol–water partition coefficient (Wildman–Crippen LogP) is 2.92. The average molecular weight is 354 g/mol. The maximum Gasteiger partial charge on any atom is 0.250 e. The number of benzene rings is 1. The van der Waals surface area contributed by atoms with E-state index in [9.17, 15) is 9.18 Å². The van der Waals surface area contributed by atoms with Gasteiger partial charge in [0.1, 0.15) is 0 Å². The van der Waals surface area contributed by atoms with E-state index in [2.05, 4.69) is 17.6 Å². The summed E-state index contributed by atoms with van der Waals surface area (Å²) in [6.45, 7) is 4.22. The molecule has 5 N–H and O–H groups in total. The smallest absolute Gasteiger partial charge is 0.250 e. The van der Waals surface area contributed by atoms with Crippen molar-refractivity contribution in [3.8, 4) is 0 Å². The summed E-state index contributed by atoms with van der Waals surface area (Å²) >= 11 is 0. The fourth-order valence-electron chi connectivity index (χ4n) is 3.39. The van der Waals surface area contributed by atoms with Crippen molar-refractivity contribution in [2.75, 3.05) is 18.4 Å². The molecule has 136 valence electrons. The molecule has 0 bridgehead atoms. The van der Waals surface area contributed by atoms with E-state index in [-0.39, 0.29) is 22.3 Å². The molecule has 26 heavy (non-hydrogen) atoms. The minimum Gasteiger partial charge on any atom is -0.366 e. The summed E-state index contributed by atoms with van der Waals surface area (Å²) in [6.07, 6.45) is 6.63. The van der Waals surface area contributed by atoms with Gasteiger partial charge >= 0.3 is 0 Å². The molecule has 1 amide bonds. The standard InChI is InChI=1S/C20H23FN4O/c1-20(10-3-11-24-12-20)13-6-8-14(9-7-13)25-18(21)15-4-2-5-16(17(15)22)19(23)26/h2,4-9,22,24-25H,3,10-12H2,1H3,(H2,23,26)/b18-15-,22-17?/t20-/m0/s1. The first-order valence-electron chi connectivity index (χ1n) is 8.66. The van der Waals surface area contributed by atoms with Crippen molar-refractivity contribution in [3.05, 3.63) is 65.2 Å². The third-order valence-corrected chi connectivity index (χ3v) is 5.00. The van der Waals surface area contributed by atoms with Crippen LogP contribution in [0.1, 0.15) is 25.3 Å². The molecular formula is C20H23FN4O. The van der Waals surface area contributed by atoms with Gasteiger partial charge in [-0.25, -0.2) is 0 Å². The van der Waals surface area contributed by atoms with Crippen LogP contribution in [0.3, 0.4) is 0 Å². The van der Waals surface area contributed by atoms with Crippen LogP contribution in [0.25, 0.3) is 0 Å². The van der Waals surface area contributed by atoms with Crippen LogP contribution in [-0.4, -0.2) is 24.7 Å². The highest BCUT2D eigenvalue weighted by molar-refractivity contribution is 6.28. The lowest BCUT2D eigenvalue weighted by Gasteiger charge is -2.34. The van der Waals surface area contributed by atoms with Crippen LogP contribution in [0.4, 0.5) is 10.1 Å². The van der Waals surface area contributed by atoms with E-state index in [0.29, 0.717) is 5.69 Å². The number of carbonyl (C=O) groups is 1. The van der Waals surface area contributed by atoms with Gasteiger partial charge in [0.05, 0.1) is 16.9 Å². The van der Waals surface area contributed by atoms with E-state index in [4.69, 9.17) is 11.1 Å². The number of amides is 1. The van der Waals surface area contributed by atoms with Crippen molar-refractivity contribution in [3.63, 3.8) is 0 Å². The molecule has 1 aliphatic carbocycles. The number of anilines is 1. The molecule has 1 fully saturated rings. The van der Waals surface area contributed by atoms with Crippen LogP contribution in [0.5, 0.6) is 0 Å². The van der Waals surface area contributed by atoms with Crippen LogP contribution in [0, 0.1) is 5.41 Å². The number of piperidine rings is 1. The Morgan fingerprint density at radius 1 is 1.35 bits per heavy atom. The number of hydrogen-bond donors (Lipinski definition) is 4. The van der Waals surface area contributed by atoms with Gasteiger partial charge in [-0.1, -0.05) is 25.1 Å². The molecule has 0 radical (unpaired) electrons. The lowest BCUT2D eigenvalue weighted by atomic mass is 9.76. The van der Waals surface area contributed by atoms with Crippen LogP contribution >= 0.6 is 0 Å². The second kappa shape index (κ2) is 7.25. The quantitative estimate of drug-likeness (QED) is 0.627. The Hall–Kier alpha value is -2.73. The van der Waals surface area contributed by atoms with Crippen molar-refractivity contribution >= 4 is 17.3 Å². The van der Waals surface area contributed by atoms with Gasteiger partial charge in [-0.2, -0.15) is 4.39 Å². The van der Waals surface area contributed by atoms with Crippen molar-refractivity contribution in [1.29, 1.82) is 5.41 Å². The molecule has 1 aromatic rings. The van der Waals surface area contributed by atoms with Crippen molar-refractivity contribution in [2.24, 2.45) is 5.73 Å². The van der Waals surface area contributed by atoms with Crippen LogP contribution in [0.15, 0.2) is 59.6 Å². The van der Waals surface area contributed by atoms with E-state index in [1.54, 1.807) is 0 Å². The SMILES string of the molecule is C[C@]1(c2ccc(N/C(F)=C3/C=CC=C(C(N)=O)C3=N)cc2)CCCNC1. The van der Waals surface area contributed by atoms with E-state index in [0.717, 1.165) is 25.9 Å². The van der Waals surface area contributed by atoms with Gasteiger partial charge in [-0.3, -0.25) is 10.2 Å². The Morgan fingerprint density at radius 2 is 2.08 bits per heavy atom. The van der Waals surface area contributed by atoms with E-state index in [1.807, 2.05) is 24.3 Å². The maximum absolute atomic E-state index is 14.6. The number of carbonyl (C=O) groups excluding carboxylic acids is 1. The van der Waals surface area contributed by atoms with Crippen LogP contribution < -0.4 is 16.4 Å². The summed E-state index contributed by atoms with van der Waals surface area (Å²) in [6, 6.07) is 7.67. The minimum absolute atomic E-state index is 0.00692. The summed E-state index contributed by atoms with van der Waals surface area (Å²) in [7, 11) is 0. The lowest BCUT2D eigenvalue weighted by Crippen LogP contribution is -2.41. The Morgan fingerprint density at radius 3 is 2.69 bits per heavy atom. The topological polar surface area (TPSA) is 91.0 Å². The zero-order valence-corrected chi connectivity index (χ0v) is 14.7. The lowest BCUT2D eigenvalue weighted by molar-refractivity contribution is -0.114. The molecule has 6 heteroatoms. The zero-order valence-electron chi connectivity index (χ0n) is 14.7. The maximum atomic E-state index is 14.6. The molecule has 0 unspecified atom stereocenters. The number of hydrogen-bond acceptors (Lipinski definition) is 4. The fraction of sp³-hybridized carbons (Fsp3) is 0.300. The monoisotopic (exact) mass is 354 g/mol. The molecule has 1 aromatic carbocycles. The van der Waals surface area contributed by atoms with Crippen LogP contribution in [0.2, 0.25) is 0 Å². The Bertz CT molecular complexity index is 815. The van der Waals surface area contributed by atoms with E-state index >= 15 is 0 Å². The molecule has 1 aliphatic heterocycles. The Balaban J connectivity index is 1.77. The van der Waals surface area contributed by atoms with Gasteiger partial charge in [0.15, 0.2) is 0 Å². The number of halogens is 1. The highest BCUT2D eigenvalue weighted by Gasteiger charge is 2.28. The number of nitrogens with one attached hydrogen (secondary N) is 3. The average Bonchev–Trinajstić information content (AvgIpc) is 2.62. The second-order valence-corrected chi connectivity index (χ2v) is 6.95. The molecule has 2 aliphatic rings. The molecule has 1 saturated heterocycles. The number of rotatable bonds is 4. The van der Waals surface area contributed by atoms with Crippen molar-refractivity contribution in [2.45, 2.75) is 25.2 Å². The van der Waals surface area contributed by atoms with Crippen molar-refractivity contribution < 1.29 is 9.18 Å². The summed E-state index contributed by atoms with van der Waals surface area (Å²) in [4.78, 5) is 11.3. The van der Waals surface area contributed by atoms with Gasteiger partial charge in [-0.15, -0.1) is 0 Å². The summed E-state index contributed by atoms with van der Waals surface area (Å²) in [5, 5.41) is 14.1. The zero-order chi connectivity index (χ0) is 18.7. The molecule has 0 aromatic heterocycles. The number of allylic oxidation sites excluding steroid dienone is 4. The van der Waals surface area contributed by atoms with Gasteiger partial charge in [0, 0.05) is 17.6 Å².